The number of hydrogen-bond acceptors (Lipinski definition) is 13. The number of fused-ring (bicyclic) bond motifs is 3. The van der Waals surface area contributed by atoms with Crippen LogP contribution in [0, 0.1) is 5.92 Å². The number of phenolic OH excluding ortho intramolecular Hbond substituents is 1. The van der Waals surface area contributed by atoms with Gasteiger partial charge in [0, 0.05) is 69.3 Å². The zero-order valence-corrected chi connectivity index (χ0v) is 29.2. The lowest BCUT2D eigenvalue weighted by Gasteiger charge is -2.45. The van der Waals surface area contributed by atoms with Crippen molar-refractivity contribution in [3.63, 3.8) is 0 Å². The molecule has 4 aliphatic heterocycles. The number of carboxylic acids is 1. The van der Waals surface area contributed by atoms with Crippen molar-refractivity contribution in [2.75, 3.05) is 72.4 Å². The molecule has 0 spiro atoms. The summed E-state index contributed by atoms with van der Waals surface area (Å²) in [5.74, 6) is 1.75. The van der Waals surface area contributed by atoms with Crippen molar-refractivity contribution in [1.82, 2.24) is 30.2 Å². The van der Waals surface area contributed by atoms with Crippen LogP contribution in [-0.4, -0.2) is 111 Å². The maximum absolute atomic E-state index is 11.7. The first kappa shape index (κ1) is 33.2. The standard InChI is InChI=1S/C37H46N10O4/c1-23(2)34(36(49)50)32-18-33(43-51-32)45-13-9-26(10-14-45)44-11-7-24(8-12-44)25-19-39-37(40-20-25)46-15-16-47-27(22-46)21-38-35-30(47)17-29(41-42-35)28-5-3-4-6-31(28)48/h3-6,17-20,23-24,26-27,34,48H,7-16,21-22H2,1-2H3,(H,38,42)(H,49,50)/t27-,34?/m1/s1. The molecule has 1 aromatic carbocycles. The number of rotatable bonds is 8. The van der Waals surface area contributed by atoms with E-state index in [1.54, 1.807) is 12.1 Å². The predicted molar refractivity (Wildman–Crippen MR) is 194 cm³/mol. The Balaban J connectivity index is 0.828. The number of phenols is 1. The van der Waals surface area contributed by atoms with Crippen molar-refractivity contribution in [2.45, 2.75) is 63.5 Å². The summed E-state index contributed by atoms with van der Waals surface area (Å²) in [5, 5.41) is 36.5. The smallest absolute Gasteiger partial charge is 0.314 e. The van der Waals surface area contributed by atoms with Gasteiger partial charge in [-0.15, -0.1) is 10.2 Å². The molecule has 8 rings (SSSR count). The van der Waals surface area contributed by atoms with Gasteiger partial charge in [0.2, 0.25) is 5.95 Å². The summed E-state index contributed by atoms with van der Waals surface area (Å²) in [5.41, 5.74) is 3.56. The monoisotopic (exact) mass is 694 g/mol. The Labute approximate surface area is 297 Å². The van der Waals surface area contributed by atoms with Crippen molar-refractivity contribution in [3.8, 4) is 17.0 Å². The van der Waals surface area contributed by atoms with Gasteiger partial charge >= 0.3 is 5.97 Å². The van der Waals surface area contributed by atoms with Gasteiger partial charge in [0.15, 0.2) is 17.4 Å². The molecule has 7 heterocycles. The number of aliphatic carboxylic acids is 1. The van der Waals surface area contributed by atoms with Crippen LogP contribution in [0.3, 0.4) is 0 Å². The average Bonchev–Trinajstić information content (AvgIpc) is 3.64. The maximum Gasteiger partial charge on any atom is 0.314 e. The molecule has 14 heteroatoms. The number of piperidine rings is 2. The fourth-order valence-electron chi connectivity index (χ4n) is 8.37. The number of piperazine rings is 1. The topological polar surface area (TPSA) is 160 Å². The summed E-state index contributed by atoms with van der Waals surface area (Å²) in [6, 6.07) is 11.8. The van der Waals surface area contributed by atoms with Crippen LogP contribution in [-0.2, 0) is 4.79 Å². The molecule has 14 nitrogen and oxygen atoms in total. The number of para-hydroxylation sites is 1. The molecular weight excluding hydrogens is 648 g/mol. The van der Waals surface area contributed by atoms with Crippen LogP contribution >= 0.6 is 0 Å². The molecule has 3 N–H and O–H groups in total. The van der Waals surface area contributed by atoms with Gasteiger partial charge in [-0.3, -0.25) is 4.79 Å². The third-order valence-electron chi connectivity index (χ3n) is 11.3. The SMILES string of the molecule is CC(C)C(C(=O)O)c1cc(N2CCC(N3CCC(c4cnc(N5CCN6c7cc(-c8ccccc8O)nnc7NC[C@@H]6C5)nc4)CC3)CC2)no1. The van der Waals surface area contributed by atoms with Gasteiger partial charge in [-0.1, -0.05) is 31.1 Å². The lowest BCUT2D eigenvalue weighted by Crippen LogP contribution is -2.58. The summed E-state index contributed by atoms with van der Waals surface area (Å²) >= 11 is 0. The molecule has 3 fully saturated rings. The highest BCUT2D eigenvalue weighted by atomic mass is 16.5. The number of aromatic hydroxyl groups is 1. The fourth-order valence-corrected chi connectivity index (χ4v) is 8.37. The molecule has 4 aromatic rings. The van der Waals surface area contributed by atoms with Crippen LogP contribution < -0.4 is 20.0 Å². The zero-order chi connectivity index (χ0) is 35.1. The quantitative estimate of drug-likeness (QED) is 0.238. The Morgan fingerprint density at radius 2 is 1.69 bits per heavy atom. The summed E-state index contributed by atoms with van der Waals surface area (Å²) < 4.78 is 5.48. The number of benzene rings is 1. The maximum atomic E-state index is 11.7. The van der Waals surface area contributed by atoms with Crippen molar-refractivity contribution in [3.05, 3.63) is 60.1 Å². The molecule has 3 aromatic heterocycles. The number of carboxylic acid groups (broad SMARTS) is 1. The number of carbonyl (C=O) groups is 1. The largest absolute Gasteiger partial charge is 0.507 e. The normalized spacial score (nSPS) is 20.9. The summed E-state index contributed by atoms with van der Waals surface area (Å²) in [7, 11) is 0. The molecule has 0 saturated carbocycles. The van der Waals surface area contributed by atoms with E-state index in [0.717, 1.165) is 101 Å². The van der Waals surface area contributed by atoms with Gasteiger partial charge < -0.3 is 39.7 Å². The van der Waals surface area contributed by atoms with Gasteiger partial charge in [-0.05, 0) is 74.4 Å². The number of anilines is 4. The molecule has 268 valence electrons. The predicted octanol–water partition coefficient (Wildman–Crippen LogP) is 4.42. The number of aromatic nitrogens is 5. The molecule has 0 aliphatic carbocycles. The van der Waals surface area contributed by atoms with E-state index in [0.29, 0.717) is 29.0 Å². The first-order valence-corrected chi connectivity index (χ1v) is 18.2. The average molecular weight is 695 g/mol. The van der Waals surface area contributed by atoms with Gasteiger partial charge in [0.25, 0.3) is 0 Å². The fraction of sp³-hybridized carbons (Fsp3) is 0.514. The van der Waals surface area contributed by atoms with E-state index < -0.39 is 11.9 Å². The molecule has 4 aliphatic rings. The highest BCUT2D eigenvalue weighted by Gasteiger charge is 2.35. The van der Waals surface area contributed by atoms with E-state index in [1.165, 1.54) is 5.56 Å². The van der Waals surface area contributed by atoms with E-state index in [2.05, 4.69) is 40.3 Å². The van der Waals surface area contributed by atoms with Crippen LogP contribution in [0.4, 0.5) is 23.3 Å². The highest BCUT2D eigenvalue weighted by Crippen LogP contribution is 2.37. The van der Waals surface area contributed by atoms with Gasteiger partial charge in [-0.2, -0.15) is 0 Å². The van der Waals surface area contributed by atoms with Crippen molar-refractivity contribution in [2.24, 2.45) is 5.92 Å². The van der Waals surface area contributed by atoms with Crippen LogP contribution in [0.2, 0.25) is 0 Å². The van der Waals surface area contributed by atoms with Crippen LogP contribution in [0.1, 0.15) is 62.7 Å². The first-order valence-electron chi connectivity index (χ1n) is 18.2. The molecule has 0 bridgehead atoms. The second-order valence-corrected chi connectivity index (χ2v) is 14.6. The van der Waals surface area contributed by atoms with E-state index in [-0.39, 0.29) is 17.7 Å². The molecule has 2 atom stereocenters. The van der Waals surface area contributed by atoms with Crippen molar-refractivity contribution in [1.29, 1.82) is 0 Å². The zero-order valence-electron chi connectivity index (χ0n) is 29.2. The minimum Gasteiger partial charge on any atom is -0.507 e. The number of hydrogen-bond donors (Lipinski definition) is 3. The van der Waals surface area contributed by atoms with E-state index in [4.69, 9.17) is 14.5 Å². The Kier molecular flexibility index (Phi) is 9.09. The van der Waals surface area contributed by atoms with E-state index in [9.17, 15) is 15.0 Å². The molecule has 0 amide bonds. The van der Waals surface area contributed by atoms with Crippen LogP contribution in [0.15, 0.2) is 53.3 Å². The lowest BCUT2D eigenvalue weighted by molar-refractivity contribution is -0.140. The molecule has 1 unspecified atom stereocenters. The summed E-state index contributed by atoms with van der Waals surface area (Å²) in [6.07, 6.45) is 8.38. The minimum atomic E-state index is -0.877. The third-order valence-corrected chi connectivity index (χ3v) is 11.3. The second kappa shape index (κ2) is 14.0. The van der Waals surface area contributed by atoms with Crippen molar-refractivity contribution < 1.29 is 19.5 Å². The Morgan fingerprint density at radius 1 is 0.922 bits per heavy atom. The van der Waals surface area contributed by atoms with E-state index in [1.807, 2.05) is 50.5 Å². The first-order chi connectivity index (χ1) is 24.8. The molecular formula is C37H46N10O4. The van der Waals surface area contributed by atoms with Gasteiger partial charge in [0.1, 0.15) is 11.7 Å². The molecule has 0 radical (unpaired) electrons. The lowest BCUT2D eigenvalue weighted by atomic mass is 9.89. The summed E-state index contributed by atoms with van der Waals surface area (Å²) in [6.45, 7) is 10.9. The van der Waals surface area contributed by atoms with E-state index >= 15 is 0 Å². The molecule has 3 saturated heterocycles. The van der Waals surface area contributed by atoms with Crippen LogP contribution in [0.25, 0.3) is 11.3 Å². The second-order valence-electron chi connectivity index (χ2n) is 14.6. The van der Waals surface area contributed by atoms with Crippen LogP contribution in [0.5, 0.6) is 5.75 Å². The molecule has 51 heavy (non-hydrogen) atoms. The highest BCUT2D eigenvalue weighted by molar-refractivity contribution is 5.77. The van der Waals surface area contributed by atoms with Crippen molar-refractivity contribution >= 4 is 29.2 Å². The Morgan fingerprint density at radius 3 is 2.41 bits per heavy atom. The van der Waals surface area contributed by atoms with Gasteiger partial charge in [-0.25, -0.2) is 9.97 Å². The van der Waals surface area contributed by atoms with Gasteiger partial charge in [0.05, 0.1) is 17.4 Å². The number of nitrogens with one attached hydrogen (secondary N) is 1. The number of nitrogens with zero attached hydrogens (tertiary/aromatic N) is 9. The summed E-state index contributed by atoms with van der Waals surface area (Å²) in [4.78, 5) is 31.0. The Bertz CT molecular complexity index is 1840. The number of likely N-dealkylation sites (tertiary alicyclic amines) is 1. The third kappa shape index (κ3) is 6.64. The minimum absolute atomic E-state index is 0.0686. The Hall–Kier alpha value is -4.98.